The van der Waals surface area contributed by atoms with Gasteiger partial charge >= 0.3 is 0 Å². The summed E-state index contributed by atoms with van der Waals surface area (Å²) in [4.78, 5) is 22.9. The number of benzene rings is 1. The summed E-state index contributed by atoms with van der Waals surface area (Å²) < 4.78 is 30.9. The van der Waals surface area contributed by atoms with Crippen LogP contribution in [-0.2, 0) is 19.6 Å². The SMILES string of the molecule is COc1ccc(S(=O)(=O)N2CC(=O)NC(=O)C2C)cc1N. The van der Waals surface area contributed by atoms with Gasteiger partial charge in [0, 0.05) is 0 Å². The number of ether oxygens (including phenoxy) is 1. The molecule has 8 nitrogen and oxygen atoms in total. The van der Waals surface area contributed by atoms with Crippen molar-refractivity contribution >= 4 is 27.5 Å². The van der Waals surface area contributed by atoms with E-state index in [0.29, 0.717) is 5.75 Å². The topological polar surface area (TPSA) is 119 Å². The van der Waals surface area contributed by atoms with E-state index >= 15 is 0 Å². The van der Waals surface area contributed by atoms with Crippen LogP contribution in [0.1, 0.15) is 6.92 Å². The van der Waals surface area contributed by atoms with Crippen LogP contribution in [0.15, 0.2) is 23.1 Å². The van der Waals surface area contributed by atoms with Crippen molar-refractivity contribution < 1.29 is 22.7 Å². The molecule has 0 bridgehead atoms. The third kappa shape index (κ3) is 2.69. The Morgan fingerprint density at radius 3 is 2.62 bits per heavy atom. The Hall–Kier alpha value is -2.13. The lowest BCUT2D eigenvalue weighted by atomic mass is 10.2. The lowest BCUT2D eigenvalue weighted by Crippen LogP contribution is -2.58. The van der Waals surface area contributed by atoms with Crippen molar-refractivity contribution in [3.05, 3.63) is 18.2 Å². The maximum atomic E-state index is 12.5. The van der Waals surface area contributed by atoms with Crippen molar-refractivity contribution in [1.82, 2.24) is 9.62 Å². The van der Waals surface area contributed by atoms with E-state index in [4.69, 9.17) is 10.5 Å². The minimum absolute atomic E-state index is 0.102. The van der Waals surface area contributed by atoms with Crippen LogP contribution in [-0.4, -0.2) is 44.2 Å². The maximum Gasteiger partial charge on any atom is 0.244 e. The van der Waals surface area contributed by atoms with E-state index in [1.165, 1.54) is 32.2 Å². The zero-order valence-electron chi connectivity index (χ0n) is 11.5. The lowest BCUT2D eigenvalue weighted by Gasteiger charge is -2.30. The van der Waals surface area contributed by atoms with E-state index in [1.54, 1.807) is 0 Å². The molecule has 1 aromatic carbocycles. The van der Waals surface area contributed by atoms with Gasteiger partial charge in [0.05, 0.1) is 24.2 Å². The van der Waals surface area contributed by atoms with Gasteiger partial charge in [0.2, 0.25) is 21.8 Å². The number of piperazine rings is 1. The Labute approximate surface area is 121 Å². The summed E-state index contributed by atoms with van der Waals surface area (Å²) in [7, 11) is -2.60. The molecule has 0 aliphatic carbocycles. The van der Waals surface area contributed by atoms with Gasteiger partial charge < -0.3 is 10.5 Å². The fourth-order valence-corrected chi connectivity index (χ4v) is 3.58. The van der Waals surface area contributed by atoms with Crippen molar-refractivity contribution in [3.63, 3.8) is 0 Å². The Kier molecular flexibility index (Phi) is 3.88. The second kappa shape index (κ2) is 5.34. The molecule has 0 spiro atoms. The third-order valence-electron chi connectivity index (χ3n) is 3.18. The highest BCUT2D eigenvalue weighted by atomic mass is 32.2. The molecule has 1 aliphatic rings. The summed E-state index contributed by atoms with van der Waals surface area (Å²) in [6.45, 7) is 0.993. The Bertz CT molecular complexity index is 701. The third-order valence-corrected chi connectivity index (χ3v) is 5.09. The smallest absolute Gasteiger partial charge is 0.244 e. The number of nitrogen functional groups attached to an aromatic ring is 1. The van der Waals surface area contributed by atoms with Gasteiger partial charge in [0.1, 0.15) is 11.8 Å². The molecular weight excluding hydrogens is 298 g/mol. The average molecular weight is 313 g/mol. The molecule has 1 aliphatic heterocycles. The minimum atomic E-state index is -4.01. The average Bonchev–Trinajstić information content (AvgIpc) is 2.42. The van der Waals surface area contributed by atoms with Crippen LogP contribution in [0.3, 0.4) is 0 Å². The molecule has 0 saturated carbocycles. The maximum absolute atomic E-state index is 12.5. The van der Waals surface area contributed by atoms with Crippen LogP contribution in [0.5, 0.6) is 5.75 Å². The lowest BCUT2D eigenvalue weighted by molar-refractivity contribution is -0.136. The number of sulfonamides is 1. The number of nitrogens with one attached hydrogen (secondary N) is 1. The van der Waals surface area contributed by atoms with Crippen molar-refractivity contribution in [2.45, 2.75) is 17.9 Å². The van der Waals surface area contributed by atoms with Crippen molar-refractivity contribution in [2.75, 3.05) is 19.4 Å². The number of imide groups is 1. The van der Waals surface area contributed by atoms with E-state index in [1.807, 2.05) is 0 Å². The number of methoxy groups -OCH3 is 1. The molecule has 1 atom stereocenters. The standard InChI is InChI=1S/C12H15N3O5S/c1-7-12(17)14-11(16)6-15(7)21(18,19)8-3-4-10(20-2)9(13)5-8/h3-5,7H,6,13H2,1-2H3,(H,14,16,17). The van der Waals surface area contributed by atoms with Gasteiger partial charge in [-0.05, 0) is 25.1 Å². The monoisotopic (exact) mass is 313 g/mol. The van der Waals surface area contributed by atoms with Crippen molar-refractivity contribution in [1.29, 1.82) is 0 Å². The van der Waals surface area contributed by atoms with E-state index in [2.05, 4.69) is 5.32 Å². The number of nitrogens with zero attached hydrogens (tertiary/aromatic N) is 1. The minimum Gasteiger partial charge on any atom is -0.495 e. The summed E-state index contributed by atoms with van der Waals surface area (Å²) in [5, 5.41) is 2.08. The highest BCUT2D eigenvalue weighted by Crippen LogP contribution is 2.27. The number of amides is 2. The van der Waals surface area contributed by atoms with E-state index in [-0.39, 0.29) is 10.6 Å². The zero-order valence-corrected chi connectivity index (χ0v) is 12.3. The first-order valence-corrected chi connectivity index (χ1v) is 7.50. The summed E-state index contributed by atoms with van der Waals surface area (Å²) >= 11 is 0. The Balaban J connectivity index is 2.43. The number of anilines is 1. The molecular formula is C12H15N3O5S. The largest absolute Gasteiger partial charge is 0.495 e. The number of nitrogens with two attached hydrogens (primary N) is 1. The van der Waals surface area contributed by atoms with Gasteiger partial charge in [-0.1, -0.05) is 0 Å². The molecule has 1 unspecified atom stereocenters. The highest BCUT2D eigenvalue weighted by molar-refractivity contribution is 7.89. The van der Waals surface area contributed by atoms with Crippen LogP contribution in [0.4, 0.5) is 5.69 Å². The first-order valence-electron chi connectivity index (χ1n) is 6.06. The van der Waals surface area contributed by atoms with Crippen LogP contribution >= 0.6 is 0 Å². The summed E-state index contributed by atoms with van der Waals surface area (Å²) in [6.07, 6.45) is 0. The molecule has 21 heavy (non-hydrogen) atoms. The van der Waals surface area contributed by atoms with Gasteiger partial charge in [0.25, 0.3) is 0 Å². The second-order valence-electron chi connectivity index (χ2n) is 4.54. The number of carbonyl (C=O) groups excluding carboxylic acids is 2. The Morgan fingerprint density at radius 1 is 1.38 bits per heavy atom. The van der Waals surface area contributed by atoms with Crippen LogP contribution in [0.25, 0.3) is 0 Å². The van der Waals surface area contributed by atoms with Crippen molar-refractivity contribution in [2.24, 2.45) is 0 Å². The quantitative estimate of drug-likeness (QED) is 0.563. The second-order valence-corrected chi connectivity index (χ2v) is 6.43. The van der Waals surface area contributed by atoms with Gasteiger partial charge in [-0.15, -0.1) is 0 Å². The molecule has 114 valence electrons. The summed E-state index contributed by atoms with van der Waals surface area (Å²) in [5.41, 5.74) is 5.85. The first-order chi connectivity index (χ1) is 9.77. The van der Waals surface area contributed by atoms with Gasteiger partial charge in [-0.25, -0.2) is 8.42 Å². The number of carbonyl (C=O) groups is 2. The molecule has 3 N–H and O–H groups in total. The molecule has 1 aromatic rings. The fourth-order valence-electron chi connectivity index (χ4n) is 1.99. The molecule has 2 rings (SSSR count). The molecule has 1 fully saturated rings. The predicted octanol–water partition coefficient (Wildman–Crippen LogP) is -0.687. The highest BCUT2D eigenvalue weighted by Gasteiger charge is 2.39. The first kappa shape index (κ1) is 15.3. The van der Waals surface area contributed by atoms with Gasteiger partial charge in [-0.2, -0.15) is 4.31 Å². The number of rotatable bonds is 3. The summed E-state index contributed by atoms with van der Waals surface area (Å²) in [5.74, 6) is -0.978. The molecule has 9 heteroatoms. The fraction of sp³-hybridized carbons (Fsp3) is 0.333. The van der Waals surface area contributed by atoms with E-state index < -0.39 is 34.4 Å². The van der Waals surface area contributed by atoms with Crippen LogP contribution in [0, 0.1) is 0 Å². The van der Waals surface area contributed by atoms with Crippen molar-refractivity contribution in [3.8, 4) is 5.75 Å². The van der Waals surface area contributed by atoms with Crippen LogP contribution < -0.4 is 15.8 Å². The van der Waals surface area contributed by atoms with Crippen LogP contribution in [0.2, 0.25) is 0 Å². The number of hydrogen-bond acceptors (Lipinski definition) is 6. The van der Waals surface area contributed by atoms with E-state index in [9.17, 15) is 18.0 Å². The zero-order chi connectivity index (χ0) is 15.8. The summed E-state index contributed by atoms with van der Waals surface area (Å²) in [6, 6.07) is 2.99. The van der Waals surface area contributed by atoms with Gasteiger partial charge in [-0.3, -0.25) is 14.9 Å². The van der Waals surface area contributed by atoms with E-state index in [0.717, 1.165) is 4.31 Å². The molecule has 1 heterocycles. The molecule has 0 radical (unpaired) electrons. The normalized spacial score (nSPS) is 20.2. The predicted molar refractivity (Wildman–Crippen MR) is 73.9 cm³/mol. The molecule has 0 aromatic heterocycles. The number of hydrogen-bond donors (Lipinski definition) is 2. The Morgan fingerprint density at radius 2 is 2.05 bits per heavy atom. The molecule has 1 saturated heterocycles. The molecule has 2 amide bonds. The van der Waals surface area contributed by atoms with Gasteiger partial charge in [0.15, 0.2) is 0 Å².